The molecule has 1 rings (SSSR count). The van der Waals surface area contributed by atoms with Gasteiger partial charge in [-0.1, -0.05) is 17.7 Å². The normalized spacial score (nSPS) is 10.1. The molecule has 1 aromatic carbocycles. The van der Waals surface area contributed by atoms with Crippen LogP contribution in [0.3, 0.4) is 0 Å². The first-order valence-corrected chi connectivity index (χ1v) is 5.58. The zero-order valence-electron chi connectivity index (χ0n) is 9.83. The minimum absolute atomic E-state index is 0.297. The Balaban J connectivity index is 2.34. The van der Waals surface area contributed by atoms with Crippen LogP contribution in [0.1, 0.15) is 31.7 Å². The lowest BCUT2D eigenvalue weighted by atomic mass is 10.0. The topological polar surface area (TPSA) is 43.1 Å². The standard InChI is InChI=1S/C14H19NO/c1-11(2)6-8-14(16)9-7-12-4-3-5-13(15)10-12/h3-5,10H,1,6-9,15H2,2H3. The Labute approximate surface area is 97.2 Å². The first-order valence-electron chi connectivity index (χ1n) is 5.58. The molecule has 0 aromatic heterocycles. The summed E-state index contributed by atoms with van der Waals surface area (Å²) in [6.45, 7) is 5.74. The maximum absolute atomic E-state index is 11.5. The van der Waals surface area contributed by atoms with Crippen LogP contribution >= 0.6 is 0 Å². The number of anilines is 1. The fourth-order valence-electron chi connectivity index (χ4n) is 1.51. The van der Waals surface area contributed by atoms with E-state index in [-0.39, 0.29) is 0 Å². The molecule has 0 fully saturated rings. The number of carbonyl (C=O) groups is 1. The number of rotatable bonds is 6. The maximum atomic E-state index is 11.5. The maximum Gasteiger partial charge on any atom is 0.133 e. The van der Waals surface area contributed by atoms with Gasteiger partial charge in [0.15, 0.2) is 0 Å². The van der Waals surface area contributed by atoms with Gasteiger partial charge < -0.3 is 5.73 Å². The van der Waals surface area contributed by atoms with Gasteiger partial charge in [-0.2, -0.15) is 0 Å². The van der Waals surface area contributed by atoms with Crippen molar-refractivity contribution in [3.05, 3.63) is 42.0 Å². The van der Waals surface area contributed by atoms with Gasteiger partial charge in [0.05, 0.1) is 0 Å². The van der Waals surface area contributed by atoms with E-state index in [1.807, 2.05) is 31.2 Å². The molecular weight excluding hydrogens is 198 g/mol. The highest BCUT2D eigenvalue weighted by Crippen LogP contribution is 2.10. The summed E-state index contributed by atoms with van der Waals surface area (Å²) in [6.07, 6.45) is 2.78. The van der Waals surface area contributed by atoms with Gasteiger partial charge in [-0.3, -0.25) is 4.79 Å². The molecule has 0 aliphatic carbocycles. The molecule has 0 saturated heterocycles. The van der Waals surface area contributed by atoms with Crippen molar-refractivity contribution < 1.29 is 4.79 Å². The zero-order chi connectivity index (χ0) is 12.0. The van der Waals surface area contributed by atoms with Crippen LogP contribution in [-0.2, 0) is 11.2 Å². The van der Waals surface area contributed by atoms with E-state index >= 15 is 0 Å². The molecule has 0 atom stereocenters. The predicted octanol–water partition coefficient (Wildman–Crippen LogP) is 3.13. The molecule has 2 nitrogen and oxygen atoms in total. The summed E-state index contributed by atoms with van der Waals surface area (Å²) < 4.78 is 0. The van der Waals surface area contributed by atoms with E-state index in [4.69, 9.17) is 5.73 Å². The number of benzene rings is 1. The van der Waals surface area contributed by atoms with Gasteiger partial charge in [0.1, 0.15) is 5.78 Å². The third-order valence-corrected chi connectivity index (χ3v) is 2.47. The molecule has 0 amide bonds. The highest BCUT2D eigenvalue weighted by Gasteiger charge is 2.03. The number of allylic oxidation sites excluding steroid dienone is 1. The summed E-state index contributed by atoms with van der Waals surface area (Å²) in [5.41, 5.74) is 8.62. The van der Waals surface area contributed by atoms with E-state index in [9.17, 15) is 4.79 Å². The quantitative estimate of drug-likeness (QED) is 0.587. The van der Waals surface area contributed by atoms with Crippen LogP contribution in [0.2, 0.25) is 0 Å². The third kappa shape index (κ3) is 4.78. The lowest BCUT2D eigenvalue weighted by molar-refractivity contribution is -0.119. The molecule has 0 aliphatic heterocycles. The van der Waals surface area contributed by atoms with Gasteiger partial charge in [-0.05, 0) is 37.5 Å². The molecule has 2 heteroatoms. The highest BCUT2D eigenvalue weighted by molar-refractivity contribution is 5.78. The van der Waals surface area contributed by atoms with Crippen molar-refractivity contribution in [3.63, 3.8) is 0 Å². The highest BCUT2D eigenvalue weighted by atomic mass is 16.1. The molecule has 0 bridgehead atoms. The molecule has 2 N–H and O–H groups in total. The van der Waals surface area contributed by atoms with E-state index in [1.165, 1.54) is 0 Å². The van der Waals surface area contributed by atoms with Crippen LogP contribution in [0, 0.1) is 0 Å². The fraction of sp³-hybridized carbons (Fsp3) is 0.357. The third-order valence-electron chi connectivity index (χ3n) is 2.47. The van der Waals surface area contributed by atoms with Crippen LogP contribution in [0.5, 0.6) is 0 Å². The molecule has 0 heterocycles. The van der Waals surface area contributed by atoms with Crippen molar-refractivity contribution in [1.82, 2.24) is 0 Å². The van der Waals surface area contributed by atoms with Gasteiger partial charge in [-0.25, -0.2) is 0 Å². The average molecular weight is 217 g/mol. The Bertz CT molecular complexity index is 382. The first kappa shape index (κ1) is 12.5. The van der Waals surface area contributed by atoms with Gasteiger partial charge >= 0.3 is 0 Å². The Morgan fingerprint density at radius 3 is 2.69 bits per heavy atom. The van der Waals surface area contributed by atoms with E-state index in [0.717, 1.165) is 29.7 Å². The molecule has 16 heavy (non-hydrogen) atoms. The molecule has 1 aromatic rings. The number of nitrogen functional groups attached to an aromatic ring is 1. The SMILES string of the molecule is C=C(C)CCC(=O)CCc1cccc(N)c1. The van der Waals surface area contributed by atoms with Crippen LogP contribution in [0.4, 0.5) is 5.69 Å². The Morgan fingerprint density at radius 2 is 2.06 bits per heavy atom. The zero-order valence-corrected chi connectivity index (χ0v) is 9.83. The number of carbonyl (C=O) groups excluding carboxylic acids is 1. The smallest absolute Gasteiger partial charge is 0.133 e. The van der Waals surface area contributed by atoms with Crippen LogP contribution < -0.4 is 5.73 Å². The lowest BCUT2D eigenvalue weighted by Crippen LogP contribution is -2.00. The molecule has 0 aliphatic rings. The van der Waals surface area contributed by atoms with Crippen LogP contribution in [-0.4, -0.2) is 5.78 Å². The minimum Gasteiger partial charge on any atom is -0.399 e. The fourth-order valence-corrected chi connectivity index (χ4v) is 1.51. The van der Waals surface area contributed by atoms with Crippen molar-refractivity contribution in [2.45, 2.75) is 32.6 Å². The van der Waals surface area contributed by atoms with Gasteiger partial charge in [0.25, 0.3) is 0 Å². The van der Waals surface area contributed by atoms with Gasteiger partial charge in [0.2, 0.25) is 0 Å². The lowest BCUT2D eigenvalue weighted by Gasteiger charge is -2.02. The molecule has 0 radical (unpaired) electrons. The summed E-state index contributed by atoms with van der Waals surface area (Å²) in [7, 11) is 0. The number of hydrogen-bond acceptors (Lipinski definition) is 2. The second-order valence-electron chi connectivity index (χ2n) is 4.24. The van der Waals surface area contributed by atoms with Crippen LogP contribution in [0.15, 0.2) is 36.4 Å². The number of nitrogens with two attached hydrogens (primary N) is 1. The second-order valence-corrected chi connectivity index (χ2v) is 4.24. The summed E-state index contributed by atoms with van der Waals surface area (Å²) in [6, 6.07) is 7.70. The predicted molar refractivity (Wildman–Crippen MR) is 68.2 cm³/mol. The van der Waals surface area contributed by atoms with Gasteiger partial charge in [-0.15, -0.1) is 6.58 Å². The second kappa shape index (κ2) is 6.11. The molecule has 86 valence electrons. The monoisotopic (exact) mass is 217 g/mol. The number of Topliss-reactive ketones (excluding diaryl/α,β-unsaturated/α-hetero) is 1. The summed E-state index contributed by atoms with van der Waals surface area (Å²) in [5.74, 6) is 0.297. The molecule has 0 saturated carbocycles. The van der Waals surface area contributed by atoms with E-state index in [0.29, 0.717) is 18.6 Å². The number of hydrogen-bond donors (Lipinski definition) is 1. The van der Waals surface area contributed by atoms with Crippen molar-refractivity contribution in [2.24, 2.45) is 0 Å². The minimum atomic E-state index is 0.297. The van der Waals surface area contributed by atoms with E-state index < -0.39 is 0 Å². The van der Waals surface area contributed by atoms with Crippen molar-refractivity contribution in [3.8, 4) is 0 Å². The van der Waals surface area contributed by atoms with E-state index in [2.05, 4.69) is 6.58 Å². The van der Waals surface area contributed by atoms with Gasteiger partial charge in [0, 0.05) is 18.5 Å². The Morgan fingerprint density at radius 1 is 1.31 bits per heavy atom. The number of aryl methyl sites for hydroxylation is 1. The number of ketones is 1. The first-order chi connectivity index (χ1) is 7.58. The largest absolute Gasteiger partial charge is 0.399 e. The van der Waals surface area contributed by atoms with Crippen molar-refractivity contribution in [1.29, 1.82) is 0 Å². The van der Waals surface area contributed by atoms with Crippen molar-refractivity contribution in [2.75, 3.05) is 5.73 Å². The molecular formula is C14H19NO. The molecule has 0 unspecified atom stereocenters. The summed E-state index contributed by atoms with van der Waals surface area (Å²) >= 11 is 0. The van der Waals surface area contributed by atoms with Crippen molar-refractivity contribution >= 4 is 11.5 Å². The summed E-state index contributed by atoms with van der Waals surface area (Å²) in [4.78, 5) is 11.5. The Hall–Kier alpha value is -1.57. The average Bonchev–Trinajstić information content (AvgIpc) is 2.23. The van der Waals surface area contributed by atoms with E-state index in [1.54, 1.807) is 0 Å². The Kier molecular flexibility index (Phi) is 4.77. The van der Waals surface area contributed by atoms with Crippen LogP contribution in [0.25, 0.3) is 0 Å². The summed E-state index contributed by atoms with van der Waals surface area (Å²) in [5, 5.41) is 0. The molecule has 0 spiro atoms.